The minimum atomic E-state index is -0.755. The fourth-order valence-corrected chi connectivity index (χ4v) is 3.01. The van der Waals surface area contributed by atoms with Crippen molar-refractivity contribution in [2.75, 3.05) is 0 Å². The van der Waals surface area contributed by atoms with Crippen LogP contribution in [-0.2, 0) is 4.79 Å². The van der Waals surface area contributed by atoms with Crippen LogP contribution in [0.25, 0.3) is 11.1 Å². The van der Waals surface area contributed by atoms with Gasteiger partial charge in [0.25, 0.3) is 0 Å². The quantitative estimate of drug-likeness (QED) is 0.257. The molecule has 0 saturated heterocycles. The summed E-state index contributed by atoms with van der Waals surface area (Å²) >= 11 is 0. The van der Waals surface area contributed by atoms with Gasteiger partial charge in [0, 0.05) is 0 Å². The predicted molar refractivity (Wildman–Crippen MR) is 121 cm³/mol. The van der Waals surface area contributed by atoms with E-state index in [4.69, 9.17) is 14.2 Å². The van der Waals surface area contributed by atoms with E-state index in [0.29, 0.717) is 17.2 Å². The van der Waals surface area contributed by atoms with Crippen molar-refractivity contribution >= 4 is 5.97 Å². The minimum Gasteiger partial charge on any atom is -0.479 e. The summed E-state index contributed by atoms with van der Waals surface area (Å²) in [5, 5.41) is 0. The smallest absolute Gasteiger partial charge is 0.352 e. The lowest BCUT2D eigenvalue weighted by atomic mass is 10.1. The maximum absolute atomic E-state index is 12.4. The Bertz CT molecular complexity index is 1110. The fourth-order valence-electron chi connectivity index (χ4n) is 3.01. The molecule has 0 bridgehead atoms. The van der Waals surface area contributed by atoms with Crippen LogP contribution in [0.5, 0.6) is 23.0 Å². The summed E-state index contributed by atoms with van der Waals surface area (Å²) in [4.78, 5) is 12.4. The molecule has 1 atom stereocenters. The maximum atomic E-state index is 12.4. The van der Waals surface area contributed by atoms with Gasteiger partial charge in [-0.25, -0.2) is 4.79 Å². The topological polar surface area (TPSA) is 44.8 Å². The Morgan fingerprint density at radius 1 is 0.581 bits per heavy atom. The van der Waals surface area contributed by atoms with Crippen molar-refractivity contribution in [3.63, 3.8) is 0 Å². The molecule has 1 unspecified atom stereocenters. The van der Waals surface area contributed by atoms with E-state index >= 15 is 0 Å². The molecule has 4 rings (SSSR count). The van der Waals surface area contributed by atoms with Crippen LogP contribution in [0.15, 0.2) is 109 Å². The van der Waals surface area contributed by atoms with E-state index in [9.17, 15) is 4.79 Å². The van der Waals surface area contributed by atoms with Gasteiger partial charge in [0.1, 0.15) is 23.0 Å². The molecule has 0 aliphatic rings. The van der Waals surface area contributed by atoms with E-state index in [1.165, 1.54) is 0 Å². The van der Waals surface area contributed by atoms with Gasteiger partial charge in [0.05, 0.1) is 0 Å². The zero-order chi connectivity index (χ0) is 21.5. The Morgan fingerprint density at radius 3 is 1.71 bits per heavy atom. The lowest BCUT2D eigenvalue weighted by Gasteiger charge is -2.14. The molecule has 0 aliphatic carbocycles. The van der Waals surface area contributed by atoms with Crippen LogP contribution in [0.1, 0.15) is 6.92 Å². The average molecular weight is 410 g/mol. The van der Waals surface area contributed by atoms with Crippen molar-refractivity contribution in [2.24, 2.45) is 0 Å². The normalized spacial score (nSPS) is 11.4. The molecule has 0 heterocycles. The van der Waals surface area contributed by atoms with Gasteiger partial charge in [0.2, 0.25) is 0 Å². The van der Waals surface area contributed by atoms with Gasteiger partial charge in [-0.1, -0.05) is 60.7 Å². The number of carbonyl (C=O) groups excluding carboxylic acids is 1. The summed E-state index contributed by atoms with van der Waals surface area (Å²) in [6, 6.07) is 34.1. The summed E-state index contributed by atoms with van der Waals surface area (Å²) in [5.41, 5.74) is 2.17. The second kappa shape index (κ2) is 9.63. The lowest BCUT2D eigenvalue weighted by Crippen LogP contribution is -2.28. The average Bonchev–Trinajstić information content (AvgIpc) is 2.82. The highest BCUT2D eigenvalue weighted by molar-refractivity contribution is 5.77. The Kier molecular flexibility index (Phi) is 6.29. The van der Waals surface area contributed by atoms with Crippen molar-refractivity contribution in [1.82, 2.24) is 0 Å². The first-order valence-electron chi connectivity index (χ1n) is 10.0. The minimum absolute atomic E-state index is 0.461. The van der Waals surface area contributed by atoms with Gasteiger partial charge < -0.3 is 14.2 Å². The van der Waals surface area contributed by atoms with E-state index in [2.05, 4.69) is 0 Å². The van der Waals surface area contributed by atoms with Gasteiger partial charge in [0.15, 0.2) is 6.10 Å². The van der Waals surface area contributed by atoms with Crippen LogP contribution in [0.3, 0.4) is 0 Å². The van der Waals surface area contributed by atoms with Gasteiger partial charge >= 0.3 is 5.97 Å². The summed E-state index contributed by atoms with van der Waals surface area (Å²) in [5.74, 6) is 2.02. The van der Waals surface area contributed by atoms with Crippen LogP contribution < -0.4 is 14.2 Å². The summed E-state index contributed by atoms with van der Waals surface area (Å²) < 4.78 is 16.9. The highest BCUT2D eigenvalue weighted by Gasteiger charge is 2.17. The van der Waals surface area contributed by atoms with Crippen LogP contribution in [-0.4, -0.2) is 12.1 Å². The van der Waals surface area contributed by atoms with Gasteiger partial charge in [-0.3, -0.25) is 0 Å². The zero-order valence-corrected chi connectivity index (χ0v) is 17.1. The van der Waals surface area contributed by atoms with Crippen molar-refractivity contribution in [3.05, 3.63) is 109 Å². The number of esters is 1. The number of carbonyl (C=O) groups is 1. The third-order valence-corrected chi connectivity index (χ3v) is 4.63. The molecule has 154 valence electrons. The summed E-state index contributed by atoms with van der Waals surface area (Å²) in [7, 11) is 0. The standard InChI is InChI=1S/C27H22O4/c1-20(29-24-16-18-25(19-17-24)30-23-10-6-3-7-11-23)27(28)31-26-14-12-22(13-15-26)21-8-4-2-5-9-21/h2-20H,1H3. The molecule has 0 N–H and O–H groups in total. The largest absolute Gasteiger partial charge is 0.479 e. The summed E-state index contributed by atoms with van der Waals surface area (Å²) in [6.07, 6.45) is -0.755. The number of rotatable bonds is 7. The van der Waals surface area contributed by atoms with E-state index in [0.717, 1.165) is 16.9 Å². The third-order valence-electron chi connectivity index (χ3n) is 4.63. The monoisotopic (exact) mass is 410 g/mol. The van der Waals surface area contributed by atoms with Gasteiger partial charge in [-0.2, -0.15) is 0 Å². The first-order valence-corrected chi connectivity index (χ1v) is 10.0. The van der Waals surface area contributed by atoms with Gasteiger partial charge in [-0.15, -0.1) is 0 Å². The molecule has 4 heteroatoms. The molecule has 0 amide bonds. The Morgan fingerprint density at radius 2 is 1.06 bits per heavy atom. The van der Waals surface area contributed by atoms with E-state index in [1.807, 2.05) is 72.8 Å². The first-order chi connectivity index (χ1) is 15.2. The van der Waals surface area contributed by atoms with Crippen molar-refractivity contribution in [2.45, 2.75) is 13.0 Å². The molecule has 31 heavy (non-hydrogen) atoms. The molecular weight excluding hydrogens is 388 g/mol. The molecule has 0 aromatic heterocycles. The SMILES string of the molecule is CC(Oc1ccc(Oc2ccccc2)cc1)C(=O)Oc1ccc(-c2ccccc2)cc1. The summed E-state index contributed by atoms with van der Waals surface area (Å²) in [6.45, 7) is 1.66. The molecule has 4 aromatic carbocycles. The van der Waals surface area contributed by atoms with E-state index in [1.54, 1.807) is 43.3 Å². The Labute approximate surface area is 181 Å². The second-order valence-corrected chi connectivity index (χ2v) is 6.96. The van der Waals surface area contributed by atoms with Crippen molar-refractivity contribution in [3.8, 4) is 34.1 Å². The number of ether oxygens (including phenoxy) is 3. The molecule has 4 aromatic rings. The number of hydrogen-bond donors (Lipinski definition) is 0. The van der Waals surface area contributed by atoms with Gasteiger partial charge in [-0.05, 0) is 66.6 Å². The third kappa shape index (κ3) is 5.52. The van der Waals surface area contributed by atoms with Crippen molar-refractivity contribution < 1.29 is 19.0 Å². The molecule has 0 saturated carbocycles. The van der Waals surface area contributed by atoms with E-state index < -0.39 is 12.1 Å². The van der Waals surface area contributed by atoms with Crippen LogP contribution in [0.4, 0.5) is 0 Å². The number of hydrogen-bond acceptors (Lipinski definition) is 4. The van der Waals surface area contributed by atoms with E-state index in [-0.39, 0.29) is 0 Å². The highest BCUT2D eigenvalue weighted by Crippen LogP contribution is 2.25. The molecule has 0 spiro atoms. The van der Waals surface area contributed by atoms with Crippen LogP contribution in [0, 0.1) is 0 Å². The zero-order valence-electron chi connectivity index (χ0n) is 17.1. The molecule has 0 fully saturated rings. The molecule has 0 aliphatic heterocycles. The Hall–Kier alpha value is -4.05. The molecule has 0 radical (unpaired) electrons. The number of benzene rings is 4. The molecule has 4 nitrogen and oxygen atoms in total. The Balaban J connectivity index is 1.32. The van der Waals surface area contributed by atoms with Crippen LogP contribution >= 0.6 is 0 Å². The maximum Gasteiger partial charge on any atom is 0.352 e. The first kappa shape index (κ1) is 20.2. The predicted octanol–water partition coefficient (Wildman–Crippen LogP) is 6.52. The highest BCUT2D eigenvalue weighted by atomic mass is 16.6. The van der Waals surface area contributed by atoms with Crippen molar-refractivity contribution in [1.29, 1.82) is 0 Å². The van der Waals surface area contributed by atoms with Crippen LogP contribution in [0.2, 0.25) is 0 Å². The number of para-hydroxylation sites is 1. The second-order valence-electron chi connectivity index (χ2n) is 6.96. The lowest BCUT2D eigenvalue weighted by molar-refractivity contribution is -0.141. The fraction of sp³-hybridized carbons (Fsp3) is 0.0741. The molecular formula is C27H22O4.